The number of aliphatic carboxylic acids is 1. The maximum atomic E-state index is 12.9. The molecule has 2 fully saturated rings. The summed E-state index contributed by atoms with van der Waals surface area (Å²) in [5.74, 6) is -3.22. The zero-order valence-electron chi connectivity index (χ0n) is 19.0. The number of carboxylic acid groups (broad SMARTS) is 1. The molecule has 1 aromatic rings. The minimum Gasteiger partial charge on any atom is -0.543 e. The van der Waals surface area contributed by atoms with Crippen LogP contribution >= 0.6 is 23.1 Å². The van der Waals surface area contributed by atoms with E-state index in [0.717, 1.165) is 16.2 Å². The van der Waals surface area contributed by atoms with Crippen molar-refractivity contribution in [3.8, 4) is 0 Å². The molecule has 0 saturated carbocycles. The van der Waals surface area contributed by atoms with Crippen LogP contribution in [0.5, 0.6) is 0 Å². The van der Waals surface area contributed by atoms with E-state index in [1.165, 1.54) is 31.4 Å². The minimum atomic E-state index is -1.54. The molecule has 2 saturated heterocycles. The molecule has 4 rings (SSSR count). The van der Waals surface area contributed by atoms with E-state index in [1.807, 2.05) is 0 Å². The third-order valence-corrected chi connectivity index (χ3v) is 7.49. The van der Waals surface area contributed by atoms with Crippen LogP contribution in [0.25, 0.3) is 0 Å². The Hall–Kier alpha value is -2.17. The average molecular weight is 534 g/mol. The summed E-state index contributed by atoms with van der Waals surface area (Å²) in [4.78, 5) is 59.2. The number of anilines is 1. The summed E-state index contributed by atoms with van der Waals surface area (Å²) >= 11 is 2.37. The molecule has 0 bridgehead atoms. The number of nitrogens with two attached hydrogens (primary N) is 1. The Morgan fingerprint density at radius 2 is 2.09 bits per heavy atom. The van der Waals surface area contributed by atoms with Crippen LogP contribution in [0.1, 0.15) is 18.5 Å². The van der Waals surface area contributed by atoms with E-state index in [1.54, 1.807) is 0 Å². The zero-order chi connectivity index (χ0) is 24.6. The number of methoxy groups -OCH3 is 1. The first-order valence-corrected chi connectivity index (χ1v) is 11.9. The number of aromatic nitrogens is 1. The summed E-state index contributed by atoms with van der Waals surface area (Å²) in [5.41, 5.74) is 5.67. The van der Waals surface area contributed by atoms with Crippen molar-refractivity contribution in [2.45, 2.75) is 36.5 Å². The standard InChI is InChI=1S/C19H21N5O8S2.Na/c1-30-18(29)10-4-3-9(32-10)7-5-33-16-12(15(26)24(16)13(7)17(27)28)22-14(25)11(23-31-2)8-6-34-19(20)21-8;/h6,9-10,12,16H,3-5H2,1-2H3,(H2,20,21)(H,22,25)(H,27,28);/q;+1/p-1/b23-11+;/t9-,10+,12+,16+;/m0./s1. The summed E-state index contributed by atoms with van der Waals surface area (Å²) in [6.45, 7) is 0. The van der Waals surface area contributed by atoms with Crippen molar-refractivity contribution in [2.24, 2.45) is 5.16 Å². The fourth-order valence-corrected chi connectivity index (χ4v) is 5.93. The average Bonchev–Trinajstić information content (AvgIpc) is 3.48. The maximum absolute atomic E-state index is 12.9. The molecular weight excluding hydrogens is 513 g/mol. The number of esters is 1. The van der Waals surface area contributed by atoms with Gasteiger partial charge in [0.25, 0.3) is 11.8 Å². The van der Waals surface area contributed by atoms with Crippen molar-refractivity contribution < 1.29 is 68.2 Å². The molecule has 1 aromatic heterocycles. The number of hydrogen-bond donors (Lipinski definition) is 2. The van der Waals surface area contributed by atoms with Crippen molar-refractivity contribution in [3.63, 3.8) is 0 Å². The summed E-state index contributed by atoms with van der Waals surface area (Å²) < 4.78 is 10.4. The summed E-state index contributed by atoms with van der Waals surface area (Å²) in [6.07, 6.45) is -0.703. The second kappa shape index (κ2) is 11.3. The molecule has 3 N–H and O–H groups in total. The van der Waals surface area contributed by atoms with E-state index in [0.29, 0.717) is 18.4 Å². The van der Waals surface area contributed by atoms with E-state index in [9.17, 15) is 24.3 Å². The number of β-lactam (4-membered cyclic amide) rings is 1. The minimum absolute atomic E-state index is 0. The molecule has 0 unspecified atom stereocenters. The first-order chi connectivity index (χ1) is 16.3. The number of fused-ring (bicyclic) bond motifs is 1. The molecular formula is C19H20N5NaO8S2. The Balaban J connectivity index is 0.00000342. The number of thiazole rings is 1. The number of nitrogens with one attached hydrogen (secondary N) is 1. The van der Waals surface area contributed by atoms with Crippen LogP contribution in [0.2, 0.25) is 0 Å². The van der Waals surface area contributed by atoms with Gasteiger partial charge in [-0.3, -0.25) is 14.5 Å². The van der Waals surface area contributed by atoms with Gasteiger partial charge in [-0.25, -0.2) is 9.78 Å². The Bertz CT molecular complexity index is 1110. The Morgan fingerprint density at radius 3 is 2.69 bits per heavy atom. The Kier molecular flexibility index (Phi) is 8.82. The quantitative estimate of drug-likeness (QED) is 0.113. The predicted molar refractivity (Wildman–Crippen MR) is 117 cm³/mol. The van der Waals surface area contributed by atoms with Gasteiger partial charge in [0, 0.05) is 11.1 Å². The number of amides is 2. The number of oxime groups is 1. The molecule has 13 nitrogen and oxygen atoms in total. The second-order valence-corrected chi connectivity index (χ2v) is 9.42. The van der Waals surface area contributed by atoms with Crippen LogP contribution in [-0.4, -0.2) is 82.9 Å². The van der Waals surface area contributed by atoms with Gasteiger partial charge < -0.3 is 35.3 Å². The van der Waals surface area contributed by atoms with E-state index in [2.05, 4.69) is 20.2 Å². The van der Waals surface area contributed by atoms with Crippen molar-refractivity contribution in [1.29, 1.82) is 0 Å². The van der Waals surface area contributed by atoms with E-state index < -0.39 is 47.4 Å². The topological polar surface area (TPSA) is 186 Å². The van der Waals surface area contributed by atoms with Crippen LogP contribution in [0.4, 0.5) is 5.13 Å². The van der Waals surface area contributed by atoms with Crippen molar-refractivity contribution in [2.75, 3.05) is 25.7 Å². The van der Waals surface area contributed by atoms with Gasteiger partial charge in [0.05, 0.1) is 24.9 Å². The predicted octanol–water partition coefficient (Wildman–Crippen LogP) is -4.80. The largest absolute Gasteiger partial charge is 1.00 e. The normalized spacial score (nSPS) is 25.8. The molecule has 4 heterocycles. The molecule has 3 aliphatic rings. The fourth-order valence-electron chi connectivity index (χ4n) is 3.98. The first-order valence-electron chi connectivity index (χ1n) is 10.0. The van der Waals surface area contributed by atoms with Crippen molar-refractivity contribution in [1.82, 2.24) is 15.2 Å². The van der Waals surface area contributed by atoms with Gasteiger partial charge in [-0.2, -0.15) is 0 Å². The third kappa shape index (κ3) is 5.20. The molecule has 4 atom stereocenters. The molecule has 16 heteroatoms. The SMILES string of the molecule is CO/N=C(/C(=O)N[C@@H]1C(=O)N2C(C(=O)[O-])=C([C@@H]3CC[C@H](C(=O)OC)O3)CS[C@H]12)c1csc(N)n1.[Na+]. The van der Waals surface area contributed by atoms with Crippen LogP contribution < -0.4 is 45.7 Å². The monoisotopic (exact) mass is 533 g/mol. The molecule has 182 valence electrons. The molecule has 35 heavy (non-hydrogen) atoms. The number of nitrogens with zero attached hydrogens (tertiary/aromatic N) is 3. The summed E-state index contributed by atoms with van der Waals surface area (Å²) in [6, 6.07) is -1.00. The van der Waals surface area contributed by atoms with Crippen LogP contribution in [-0.2, 0) is 33.5 Å². The van der Waals surface area contributed by atoms with E-state index in [-0.39, 0.29) is 57.5 Å². The van der Waals surface area contributed by atoms with Crippen molar-refractivity contribution >= 4 is 57.7 Å². The van der Waals surface area contributed by atoms with Gasteiger partial charge >= 0.3 is 35.5 Å². The first kappa shape index (κ1) is 27.4. The molecule has 2 amide bonds. The Labute approximate surface area is 229 Å². The molecule has 0 aromatic carbocycles. The van der Waals surface area contributed by atoms with Crippen LogP contribution in [0.3, 0.4) is 0 Å². The third-order valence-electron chi connectivity index (χ3n) is 5.51. The van der Waals surface area contributed by atoms with Gasteiger partial charge in [-0.05, 0) is 18.4 Å². The number of hydrogen-bond acceptors (Lipinski definition) is 13. The molecule has 0 radical (unpaired) electrons. The fraction of sp³-hybridized carbons (Fsp3) is 0.474. The number of nitrogen functional groups attached to an aromatic ring is 1. The van der Waals surface area contributed by atoms with Gasteiger partial charge in [0.2, 0.25) is 0 Å². The van der Waals surface area contributed by atoms with Crippen LogP contribution in [0, 0.1) is 0 Å². The molecule has 0 aliphatic carbocycles. The summed E-state index contributed by atoms with van der Waals surface area (Å²) in [7, 11) is 2.50. The van der Waals surface area contributed by atoms with E-state index >= 15 is 0 Å². The molecule has 3 aliphatic heterocycles. The van der Waals surface area contributed by atoms with Crippen molar-refractivity contribution in [3.05, 3.63) is 22.3 Å². The number of rotatable bonds is 7. The van der Waals surface area contributed by atoms with Gasteiger partial charge in [-0.15, -0.1) is 23.1 Å². The summed E-state index contributed by atoms with van der Waals surface area (Å²) in [5, 5.41) is 19.3. The van der Waals surface area contributed by atoms with Gasteiger partial charge in [0.1, 0.15) is 24.2 Å². The second-order valence-electron chi connectivity index (χ2n) is 7.43. The number of ether oxygens (including phenoxy) is 2. The van der Waals surface area contributed by atoms with Crippen LogP contribution in [0.15, 0.2) is 21.8 Å². The smallest absolute Gasteiger partial charge is 0.543 e. The van der Waals surface area contributed by atoms with Gasteiger partial charge in [0.15, 0.2) is 16.9 Å². The number of carbonyl (C=O) groups excluding carboxylic acids is 4. The molecule has 0 spiro atoms. The number of thioether (sulfide) groups is 1. The Morgan fingerprint density at radius 1 is 1.34 bits per heavy atom. The van der Waals surface area contributed by atoms with E-state index in [4.69, 9.17) is 15.3 Å². The number of carboxylic acids is 1. The maximum Gasteiger partial charge on any atom is 1.00 e. The zero-order valence-corrected chi connectivity index (χ0v) is 22.6. The number of carbonyl (C=O) groups is 4. The van der Waals surface area contributed by atoms with Gasteiger partial charge in [-0.1, -0.05) is 5.16 Å².